The number of methoxy groups -OCH3 is 1. The first kappa shape index (κ1) is 16.7. The molecule has 6 heteroatoms. The molecule has 1 N–H and O–H groups in total. The van der Waals surface area contributed by atoms with Crippen LogP contribution in [0.1, 0.15) is 12.0 Å². The van der Waals surface area contributed by atoms with Gasteiger partial charge in [-0.15, -0.1) is 0 Å². The van der Waals surface area contributed by atoms with Gasteiger partial charge in [-0.05, 0) is 42.3 Å². The minimum absolute atomic E-state index is 0.317. The number of nitrogens with one attached hydrogen (secondary N) is 1. The number of hydrogen-bond acceptors (Lipinski definition) is 4. The van der Waals surface area contributed by atoms with E-state index in [9.17, 15) is 4.39 Å². The van der Waals surface area contributed by atoms with E-state index in [1.165, 1.54) is 23.5 Å². The maximum absolute atomic E-state index is 14.1. The lowest BCUT2D eigenvalue weighted by Gasteiger charge is -2.28. The van der Waals surface area contributed by atoms with Crippen LogP contribution >= 0.6 is 0 Å². The van der Waals surface area contributed by atoms with E-state index < -0.39 is 0 Å². The fraction of sp³-hybridized carbons (Fsp3) is 0.182. The standard InChI is InChI=1S/C22H19FN4O/c1-28-15-5-6-20-17(11-15)18(12-24-20)14-7-9-27(10-8-14)22-16-3-2-4-19(23)21(16)25-13-26-22/h2-7,11-13,24H,8-10H2,1H3. The molecule has 0 spiro atoms. The number of para-hydroxylation sites is 1. The summed E-state index contributed by atoms with van der Waals surface area (Å²) in [6, 6.07) is 11.1. The van der Waals surface area contributed by atoms with E-state index in [4.69, 9.17) is 4.74 Å². The lowest BCUT2D eigenvalue weighted by Crippen LogP contribution is -2.29. The van der Waals surface area contributed by atoms with Gasteiger partial charge in [-0.2, -0.15) is 0 Å². The van der Waals surface area contributed by atoms with Crippen LogP contribution in [0.25, 0.3) is 27.4 Å². The van der Waals surface area contributed by atoms with Crippen molar-refractivity contribution in [2.75, 3.05) is 25.1 Å². The molecule has 0 unspecified atom stereocenters. The molecule has 0 amide bonds. The van der Waals surface area contributed by atoms with Gasteiger partial charge >= 0.3 is 0 Å². The van der Waals surface area contributed by atoms with Crippen LogP contribution < -0.4 is 9.64 Å². The third kappa shape index (κ3) is 2.69. The van der Waals surface area contributed by atoms with E-state index in [1.54, 1.807) is 13.2 Å². The molecule has 1 aliphatic rings. The summed E-state index contributed by atoms with van der Waals surface area (Å²) in [6.45, 7) is 1.53. The van der Waals surface area contributed by atoms with Crippen molar-refractivity contribution in [3.63, 3.8) is 0 Å². The number of fused-ring (bicyclic) bond motifs is 2. The van der Waals surface area contributed by atoms with Crippen molar-refractivity contribution in [3.8, 4) is 5.75 Å². The molecule has 0 fully saturated rings. The van der Waals surface area contributed by atoms with E-state index in [0.717, 1.165) is 40.8 Å². The Labute approximate surface area is 161 Å². The highest BCUT2D eigenvalue weighted by molar-refractivity contribution is 5.94. The number of ether oxygens (including phenoxy) is 1. The molecule has 0 saturated heterocycles. The summed E-state index contributed by atoms with van der Waals surface area (Å²) in [7, 11) is 1.68. The molecular weight excluding hydrogens is 355 g/mol. The Hall–Kier alpha value is -3.41. The third-order valence-electron chi connectivity index (χ3n) is 5.34. The summed E-state index contributed by atoms with van der Waals surface area (Å²) in [4.78, 5) is 14.0. The average molecular weight is 374 g/mol. The maximum atomic E-state index is 14.1. The van der Waals surface area contributed by atoms with Gasteiger partial charge in [0.15, 0.2) is 0 Å². The fourth-order valence-corrected chi connectivity index (χ4v) is 3.89. The fourth-order valence-electron chi connectivity index (χ4n) is 3.89. The highest BCUT2D eigenvalue weighted by atomic mass is 19.1. The Balaban J connectivity index is 1.49. The van der Waals surface area contributed by atoms with Crippen LogP contribution in [-0.4, -0.2) is 35.2 Å². The normalized spacial score (nSPS) is 14.5. The van der Waals surface area contributed by atoms with Crippen LogP contribution in [0.2, 0.25) is 0 Å². The minimum atomic E-state index is -0.317. The molecule has 4 aromatic rings. The average Bonchev–Trinajstić information content (AvgIpc) is 3.17. The molecule has 28 heavy (non-hydrogen) atoms. The van der Waals surface area contributed by atoms with E-state index in [1.807, 2.05) is 18.2 Å². The van der Waals surface area contributed by atoms with Crippen molar-refractivity contribution in [3.05, 3.63) is 66.4 Å². The Kier molecular flexibility index (Phi) is 3.97. The van der Waals surface area contributed by atoms with Gasteiger partial charge < -0.3 is 14.6 Å². The van der Waals surface area contributed by atoms with Crippen molar-refractivity contribution in [1.82, 2.24) is 15.0 Å². The number of hydrogen-bond donors (Lipinski definition) is 1. The Morgan fingerprint density at radius 2 is 2.07 bits per heavy atom. The lowest BCUT2D eigenvalue weighted by atomic mass is 9.98. The number of aromatic amines is 1. The molecule has 5 nitrogen and oxygen atoms in total. The molecule has 0 atom stereocenters. The summed E-state index contributed by atoms with van der Waals surface area (Å²) in [5.74, 6) is 1.31. The predicted octanol–water partition coefficient (Wildman–Crippen LogP) is 4.55. The number of anilines is 1. The van der Waals surface area contributed by atoms with Crippen LogP contribution in [0.3, 0.4) is 0 Å². The van der Waals surface area contributed by atoms with Crippen LogP contribution in [-0.2, 0) is 0 Å². The first-order valence-electron chi connectivity index (χ1n) is 9.23. The topological polar surface area (TPSA) is 54.0 Å². The van der Waals surface area contributed by atoms with Crippen LogP contribution in [0.4, 0.5) is 10.2 Å². The number of rotatable bonds is 3. The summed E-state index contributed by atoms with van der Waals surface area (Å²) in [5.41, 5.74) is 3.95. The summed E-state index contributed by atoms with van der Waals surface area (Å²) >= 11 is 0. The lowest BCUT2D eigenvalue weighted by molar-refractivity contribution is 0.415. The third-order valence-corrected chi connectivity index (χ3v) is 5.34. The van der Waals surface area contributed by atoms with Gasteiger partial charge in [-0.1, -0.05) is 12.1 Å². The zero-order chi connectivity index (χ0) is 19.1. The quantitative estimate of drug-likeness (QED) is 0.571. The smallest absolute Gasteiger partial charge is 0.149 e. The maximum Gasteiger partial charge on any atom is 0.149 e. The van der Waals surface area contributed by atoms with Crippen molar-refractivity contribution >= 4 is 33.2 Å². The van der Waals surface area contributed by atoms with Gasteiger partial charge in [-0.25, -0.2) is 14.4 Å². The van der Waals surface area contributed by atoms with E-state index in [-0.39, 0.29) is 5.82 Å². The Bertz CT molecular complexity index is 1210. The van der Waals surface area contributed by atoms with Gasteiger partial charge in [0.1, 0.15) is 29.2 Å². The van der Waals surface area contributed by atoms with Crippen LogP contribution in [0, 0.1) is 5.82 Å². The van der Waals surface area contributed by atoms with Crippen LogP contribution in [0.15, 0.2) is 55.0 Å². The predicted molar refractivity (Wildman–Crippen MR) is 109 cm³/mol. The summed E-state index contributed by atoms with van der Waals surface area (Å²) < 4.78 is 19.4. The molecule has 0 aliphatic carbocycles. The van der Waals surface area contributed by atoms with Gasteiger partial charge in [0, 0.05) is 41.1 Å². The monoisotopic (exact) mass is 374 g/mol. The molecule has 0 bridgehead atoms. The van der Waals surface area contributed by atoms with Crippen molar-refractivity contribution in [1.29, 1.82) is 0 Å². The van der Waals surface area contributed by atoms with Crippen LogP contribution in [0.5, 0.6) is 5.75 Å². The minimum Gasteiger partial charge on any atom is -0.497 e. The number of H-pyrrole nitrogens is 1. The molecule has 2 aromatic carbocycles. The molecule has 1 aliphatic heterocycles. The molecule has 3 heterocycles. The highest BCUT2D eigenvalue weighted by Gasteiger charge is 2.19. The number of halogens is 1. The van der Waals surface area contributed by atoms with E-state index in [0.29, 0.717) is 12.1 Å². The summed E-state index contributed by atoms with van der Waals surface area (Å²) in [5, 5.41) is 1.91. The van der Waals surface area contributed by atoms with Gasteiger partial charge in [0.05, 0.1) is 7.11 Å². The number of nitrogens with zero attached hydrogens (tertiary/aromatic N) is 3. The molecule has 0 saturated carbocycles. The zero-order valence-electron chi connectivity index (χ0n) is 15.4. The largest absolute Gasteiger partial charge is 0.497 e. The molecular formula is C22H19FN4O. The summed E-state index contributed by atoms with van der Waals surface area (Å²) in [6.07, 6.45) is 6.59. The van der Waals surface area contributed by atoms with Crippen molar-refractivity contribution < 1.29 is 9.13 Å². The second-order valence-corrected chi connectivity index (χ2v) is 6.87. The number of benzene rings is 2. The first-order chi connectivity index (χ1) is 13.7. The van der Waals surface area contributed by atoms with Gasteiger partial charge in [0.25, 0.3) is 0 Å². The Morgan fingerprint density at radius 3 is 2.89 bits per heavy atom. The molecule has 140 valence electrons. The Morgan fingerprint density at radius 1 is 1.14 bits per heavy atom. The molecule has 2 aromatic heterocycles. The van der Waals surface area contributed by atoms with Crippen molar-refractivity contribution in [2.24, 2.45) is 0 Å². The SMILES string of the molecule is COc1ccc2[nH]cc(C3=CCN(c4ncnc5c(F)cccc45)CC3)c2c1. The first-order valence-corrected chi connectivity index (χ1v) is 9.23. The number of aromatic nitrogens is 3. The zero-order valence-corrected chi connectivity index (χ0v) is 15.4. The highest BCUT2D eigenvalue weighted by Crippen LogP contribution is 2.33. The van der Waals surface area contributed by atoms with Gasteiger partial charge in [-0.3, -0.25) is 0 Å². The second kappa shape index (κ2) is 6.64. The van der Waals surface area contributed by atoms with Gasteiger partial charge in [0.2, 0.25) is 0 Å². The molecule has 5 rings (SSSR count). The van der Waals surface area contributed by atoms with E-state index >= 15 is 0 Å². The molecule has 0 radical (unpaired) electrons. The van der Waals surface area contributed by atoms with Crippen molar-refractivity contribution in [2.45, 2.75) is 6.42 Å². The van der Waals surface area contributed by atoms with E-state index in [2.05, 4.69) is 38.2 Å². The second-order valence-electron chi connectivity index (χ2n) is 6.87.